The average Bonchev–Trinajstić information content (AvgIpc) is 2.85. The van der Waals surface area contributed by atoms with Gasteiger partial charge in [0.15, 0.2) is 0 Å². The number of nitrogens with two attached hydrogens (primary N) is 1. The molecule has 1 saturated heterocycles. The van der Waals surface area contributed by atoms with Gasteiger partial charge in [0, 0.05) is 6.42 Å². The summed E-state index contributed by atoms with van der Waals surface area (Å²) in [4.78, 5) is 4.82. The van der Waals surface area contributed by atoms with Crippen molar-refractivity contribution in [2.75, 3.05) is 6.61 Å². The van der Waals surface area contributed by atoms with Crippen LogP contribution in [0, 0.1) is 5.92 Å². The third-order valence-electron chi connectivity index (χ3n) is 3.51. The van der Waals surface area contributed by atoms with Crippen LogP contribution in [0.5, 0.6) is 0 Å². The Labute approximate surface area is 84.3 Å². The van der Waals surface area contributed by atoms with Crippen molar-refractivity contribution in [3.05, 3.63) is 0 Å². The molecular formula is C10H19NO3. The highest BCUT2D eigenvalue weighted by Crippen LogP contribution is 2.36. The van der Waals surface area contributed by atoms with Crippen LogP contribution in [0.15, 0.2) is 0 Å². The van der Waals surface area contributed by atoms with Gasteiger partial charge in [0.05, 0.1) is 12.7 Å². The summed E-state index contributed by atoms with van der Waals surface area (Å²) in [5.41, 5.74) is 0. The number of hydrogen-bond donors (Lipinski definition) is 2. The highest BCUT2D eigenvalue weighted by atomic mass is 16.6. The molecule has 14 heavy (non-hydrogen) atoms. The second-order valence-electron chi connectivity index (χ2n) is 4.35. The van der Waals surface area contributed by atoms with Gasteiger partial charge < -0.3 is 9.84 Å². The maximum absolute atomic E-state index is 9.07. The van der Waals surface area contributed by atoms with Crippen LogP contribution in [0.2, 0.25) is 0 Å². The first-order valence-corrected chi connectivity index (χ1v) is 5.47. The molecule has 3 N–H and O–H groups in total. The Kier molecular flexibility index (Phi) is 3.38. The van der Waals surface area contributed by atoms with Crippen LogP contribution in [0.25, 0.3) is 0 Å². The van der Waals surface area contributed by atoms with Crippen molar-refractivity contribution in [3.8, 4) is 0 Å². The lowest BCUT2D eigenvalue weighted by molar-refractivity contribution is -0.0569. The van der Waals surface area contributed by atoms with E-state index in [4.69, 9.17) is 20.6 Å². The van der Waals surface area contributed by atoms with Gasteiger partial charge in [-0.2, -0.15) is 0 Å². The minimum atomic E-state index is -0.217. The van der Waals surface area contributed by atoms with E-state index in [1.165, 1.54) is 25.7 Å². The standard InChI is InChI=1S/C10H19NO3/c11-14-9-5-8(13-10(9)6-12)7-3-1-2-4-7/h7-10,12H,1-6,11H2/t8-,9-,10-/m1/s1. The van der Waals surface area contributed by atoms with Crippen molar-refractivity contribution in [2.45, 2.75) is 50.4 Å². The Balaban J connectivity index is 1.90. The number of hydrogen-bond acceptors (Lipinski definition) is 4. The molecule has 2 aliphatic rings. The minimum absolute atomic E-state index is 0.00505. The fourth-order valence-electron chi connectivity index (χ4n) is 2.68. The largest absolute Gasteiger partial charge is 0.394 e. The first-order valence-electron chi connectivity index (χ1n) is 5.47. The SMILES string of the molecule is NO[C@@H]1C[C@H](C2CCCC2)O[C@@H]1CO. The van der Waals surface area contributed by atoms with E-state index in [1.807, 2.05) is 0 Å². The molecule has 0 unspecified atom stereocenters. The van der Waals surface area contributed by atoms with Gasteiger partial charge >= 0.3 is 0 Å². The van der Waals surface area contributed by atoms with E-state index >= 15 is 0 Å². The zero-order valence-electron chi connectivity index (χ0n) is 8.39. The molecule has 1 heterocycles. The lowest BCUT2D eigenvalue weighted by Gasteiger charge is -2.17. The minimum Gasteiger partial charge on any atom is -0.394 e. The van der Waals surface area contributed by atoms with Gasteiger partial charge in [-0.15, -0.1) is 0 Å². The lowest BCUT2D eigenvalue weighted by atomic mass is 9.97. The van der Waals surface area contributed by atoms with Crippen molar-refractivity contribution in [1.29, 1.82) is 0 Å². The molecule has 4 nitrogen and oxygen atoms in total. The molecule has 0 aromatic heterocycles. The Hall–Kier alpha value is -0.160. The van der Waals surface area contributed by atoms with Crippen molar-refractivity contribution in [3.63, 3.8) is 0 Å². The maximum Gasteiger partial charge on any atom is 0.110 e. The van der Waals surface area contributed by atoms with Crippen LogP contribution in [-0.2, 0) is 9.57 Å². The fraction of sp³-hybridized carbons (Fsp3) is 1.00. The molecule has 0 radical (unpaired) electrons. The Morgan fingerprint density at radius 1 is 1.36 bits per heavy atom. The molecule has 1 aliphatic carbocycles. The smallest absolute Gasteiger partial charge is 0.110 e. The van der Waals surface area contributed by atoms with Crippen LogP contribution in [0.1, 0.15) is 32.1 Å². The highest BCUT2D eigenvalue weighted by Gasteiger charge is 2.39. The first kappa shape index (κ1) is 10.4. The van der Waals surface area contributed by atoms with Gasteiger partial charge in [-0.1, -0.05) is 12.8 Å². The monoisotopic (exact) mass is 201 g/mol. The van der Waals surface area contributed by atoms with Crippen LogP contribution < -0.4 is 5.90 Å². The topological polar surface area (TPSA) is 64.7 Å². The van der Waals surface area contributed by atoms with Gasteiger partial charge in [-0.25, -0.2) is 5.90 Å². The van der Waals surface area contributed by atoms with E-state index < -0.39 is 0 Å². The molecule has 4 heteroatoms. The lowest BCUT2D eigenvalue weighted by Crippen LogP contribution is -2.29. The van der Waals surface area contributed by atoms with E-state index in [1.54, 1.807) is 0 Å². The third kappa shape index (κ3) is 1.93. The summed E-state index contributed by atoms with van der Waals surface area (Å²) < 4.78 is 5.74. The molecule has 1 aliphatic heterocycles. The summed E-state index contributed by atoms with van der Waals surface area (Å²) in [5, 5.41) is 9.07. The van der Waals surface area contributed by atoms with Gasteiger partial charge in [0.1, 0.15) is 12.2 Å². The van der Waals surface area contributed by atoms with E-state index in [0.29, 0.717) is 5.92 Å². The molecule has 0 spiro atoms. The Bertz CT molecular complexity index is 170. The quantitative estimate of drug-likeness (QED) is 0.656. The summed E-state index contributed by atoms with van der Waals surface area (Å²) in [6.45, 7) is 0.00505. The number of aliphatic hydroxyl groups is 1. The molecule has 3 atom stereocenters. The molecule has 0 aromatic rings. The second-order valence-corrected chi connectivity index (χ2v) is 4.35. The molecule has 0 aromatic carbocycles. The predicted molar refractivity (Wildman–Crippen MR) is 51.4 cm³/mol. The van der Waals surface area contributed by atoms with Crippen LogP contribution in [0.3, 0.4) is 0 Å². The summed E-state index contributed by atoms with van der Waals surface area (Å²) >= 11 is 0. The number of rotatable bonds is 3. The van der Waals surface area contributed by atoms with Gasteiger partial charge in [-0.3, -0.25) is 4.84 Å². The van der Waals surface area contributed by atoms with Crippen molar-refractivity contribution in [2.24, 2.45) is 11.8 Å². The molecular weight excluding hydrogens is 182 g/mol. The van der Waals surface area contributed by atoms with E-state index in [0.717, 1.165) is 6.42 Å². The zero-order chi connectivity index (χ0) is 9.97. The van der Waals surface area contributed by atoms with Crippen LogP contribution >= 0.6 is 0 Å². The van der Waals surface area contributed by atoms with Gasteiger partial charge in [0.25, 0.3) is 0 Å². The first-order chi connectivity index (χ1) is 6.85. The third-order valence-corrected chi connectivity index (χ3v) is 3.51. The Morgan fingerprint density at radius 3 is 2.57 bits per heavy atom. The van der Waals surface area contributed by atoms with E-state index in [-0.39, 0.29) is 24.9 Å². The van der Waals surface area contributed by atoms with E-state index in [9.17, 15) is 0 Å². The number of ether oxygens (including phenoxy) is 1. The summed E-state index contributed by atoms with van der Waals surface area (Å²) in [7, 11) is 0. The highest BCUT2D eigenvalue weighted by molar-refractivity contribution is 4.88. The van der Waals surface area contributed by atoms with Crippen molar-refractivity contribution < 1.29 is 14.7 Å². The summed E-state index contributed by atoms with van der Waals surface area (Å²) in [6, 6.07) is 0. The molecule has 2 fully saturated rings. The van der Waals surface area contributed by atoms with Crippen molar-refractivity contribution in [1.82, 2.24) is 0 Å². The maximum atomic E-state index is 9.07. The normalized spacial score (nSPS) is 39.4. The Morgan fingerprint density at radius 2 is 2.07 bits per heavy atom. The zero-order valence-corrected chi connectivity index (χ0v) is 8.39. The number of aliphatic hydroxyl groups excluding tert-OH is 1. The molecule has 82 valence electrons. The summed E-state index contributed by atoms with van der Waals surface area (Å²) in [5.74, 6) is 5.83. The molecule has 1 saturated carbocycles. The van der Waals surface area contributed by atoms with Gasteiger partial charge in [-0.05, 0) is 18.8 Å². The molecule has 0 amide bonds. The van der Waals surface area contributed by atoms with Gasteiger partial charge in [0.2, 0.25) is 0 Å². The van der Waals surface area contributed by atoms with Crippen molar-refractivity contribution >= 4 is 0 Å². The van der Waals surface area contributed by atoms with Crippen LogP contribution in [0.4, 0.5) is 0 Å². The van der Waals surface area contributed by atoms with Crippen LogP contribution in [-0.4, -0.2) is 30.0 Å². The second kappa shape index (κ2) is 4.57. The molecule has 0 bridgehead atoms. The average molecular weight is 201 g/mol. The summed E-state index contributed by atoms with van der Waals surface area (Å²) in [6.07, 6.45) is 5.87. The molecule has 2 rings (SSSR count). The predicted octanol–water partition coefficient (Wildman–Crippen LogP) is 0.585. The van der Waals surface area contributed by atoms with E-state index in [2.05, 4.69) is 0 Å². The fourth-order valence-corrected chi connectivity index (χ4v) is 2.68.